The molecule has 0 unspecified atom stereocenters. The predicted molar refractivity (Wildman–Crippen MR) is 181 cm³/mol. The number of carbonyl (C=O) groups is 2. The summed E-state index contributed by atoms with van der Waals surface area (Å²) in [5, 5.41) is 3.82. The third kappa shape index (κ3) is 8.87. The quantitative estimate of drug-likeness (QED) is 0.168. The van der Waals surface area contributed by atoms with Gasteiger partial charge >= 0.3 is 0 Å². The summed E-state index contributed by atoms with van der Waals surface area (Å²) in [6.45, 7) is 5.56. The van der Waals surface area contributed by atoms with Crippen molar-refractivity contribution in [3.8, 4) is 0 Å². The molecule has 1 atom stereocenters. The van der Waals surface area contributed by atoms with Crippen molar-refractivity contribution in [2.75, 3.05) is 17.4 Å². The highest BCUT2D eigenvalue weighted by molar-refractivity contribution is 7.92. The summed E-state index contributed by atoms with van der Waals surface area (Å²) in [6, 6.07) is 28.4. The minimum atomic E-state index is -4.22. The maximum Gasteiger partial charge on any atom is 0.264 e. The summed E-state index contributed by atoms with van der Waals surface area (Å²) in [7, 11) is -4.22. The van der Waals surface area contributed by atoms with E-state index in [0.717, 1.165) is 9.87 Å². The van der Waals surface area contributed by atoms with Gasteiger partial charge in [0.1, 0.15) is 12.6 Å². The number of nitrogens with zero attached hydrogens (tertiary/aromatic N) is 2. The van der Waals surface area contributed by atoms with Crippen molar-refractivity contribution in [3.63, 3.8) is 0 Å². The van der Waals surface area contributed by atoms with E-state index in [1.165, 1.54) is 17.0 Å². The van der Waals surface area contributed by atoms with E-state index in [9.17, 15) is 18.0 Å². The summed E-state index contributed by atoms with van der Waals surface area (Å²) < 4.78 is 29.4. The molecule has 1 N–H and O–H groups in total. The van der Waals surface area contributed by atoms with Crippen molar-refractivity contribution in [2.45, 2.75) is 44.7 Å². The van der Waals surface area contributed by atoms with E-state index in [2.05, 4.69) is 5.32 Å². The Morgan fingerprint density at radius 2 is 1.44 bits per heavy atom. The third-order valence-corrected chi connectivity index (χ3v) is 9.73. The maximum atomic E-state index is 14.5. The molecule has 236 valence electrons. The first-order valence-corrected chi connectivity index (χ1v) is 16.9. The summed E-state index contributed by atoms with van der Waals surface area (Å²) >= 11 is 12.7. The molecule has 0 spiro atoms. The highest BCUT2D eigenvalue weighted by Gasteiger charge is 2.35. The molecule has 2 amide bonds. The van der Waals surface area contributed by atoms with Crippen LogP contribution in [0.5, 0.6) is 0 Å². The molecule has 0 aromatic heterocycles. The molecular formula is C35H37Cl2N3O4S. The monoisotopic (exact) mass is 665 g/mol. The van der Waals surface area contributed by atoms with Crippen LogP contribution >= 0.6 is 23.2 Å². The lowest BCUT2D eigenvalue weighted by molar-refractivity contribution is -0.140. The van der Waals surface area contributed by atoms with E-state index in [4.69, 9.17) is 23.2 Å². The van der Waals surface area contributed by atoms with Gasteiger partial charge in [0.25, 0.3) is 10.0 Å². The number of rotatable bonds is 13. The number of hydrogen-bond donors (Lipinski definition) is 1. The Morgan fingerprint density at radius 1 is 0.822 bits per heavy atom. The summed E-state index contributed by atoms with van der Waals surface area (Å²) in [5.74, 6) is -0.713. The Bertz CT molecular complexity index is 1720. The molecule has 0 saturated carbocycles. The van der Waals surface area contributed by atoms with Crippen LogP contribution in [0.15, 0.2) is 108 Å². The molecule has 7 nitrogen and oxygen atoms in total. The van der Waals surface area contributed by atoms with Crippen LogP contribution in [0.1, 0.15) is 30.5 Å². The molecule has 45 heavy (non-hydrogen) atoms. The van der Waals surface area contributed by atoms with Gasteiger partial charge in [-0.15, -0.1) is 0 Å². The highest BCUT2D eigenvalue weighted by atomic mass is 35.5. The van der Waals surface area contributed by atoms with E-state index < -0.39 is 28.5 Å². The lowest BCUT2D eigenvalue weighted by Gasteiger charge is -2.34. The van der Waals surface area contributed by atoms with Crippen LogP contribution in [-0.4, -0.2) is 44.3 Å². The van der Waals surface area contributed by atoms with Crippen LogP contribution < -0.4 is 9.62 Å². The Balaban J connectivity index is 1.82. The molecular weight excluding hydrogens is 629 g/mol. The molecule has 0 bridgehead atoms. The molecule has 0 radical (unpaired) electrons. The van der Waals surface area contributed by atoms with Gasteiger partial charge in [0.2, 0.25) is 11.8 Å². The van der Waals surface area contributed by atoms with Gasteiger partial charge < -0.3 is 10.2 Å². The lowest BCUT2D eigenvalue weighted by atomic mass is 10.0. The molecule has 10 heteroatoms. The molecule has 0 aliphatic heterocycles. The van der Waals surface area contributed by atoms with E-state index in [0.29, 0.717) is 27.7 Å². The first-order chi connectivity index (χ1) is 21.5. The Hall–Kier alpha value is -3.85. The van der Waals surface area contributed by atoms with Gasteiger partial charge in [-0.2, -0.15) is 0 Å². The summed E-state index contributed by atoms with van der Waals surface area (Å²) in [5.41, 5.74) is 2.32. The number of anilines is 1. The number of nitrogens with one attached hydrogen (secondary N) is 1. The molecule has 4 rings (SSSR count). The number of benzene rings is 4. The van der Waals surface area contributed by atoms with E-state index in [1.54, 1.807) is 61.5 Å². The fourth-order valence-corrected chi connectivity index (χ4v) is 6.78. The molecule has 0 aliphatic rings. The summed E-state index contributed by atoms with van der Waals surface area (Å²) in [6.07, 6.45) is 0.221. The smallest absolute Gasteiger partial charge is 0.264 e. The van der Waals surface area contributed by atoms with Crippen LogP contribution in [-0.2, 0) is 32.6 Å². The number of halogens is 2. The van der Waals surface area contributed by atoms with Crippen LogP contribution in [0.2, 0.25) is 10.0 Å². The van der Waals surface area contributed by atoms with Gasteiger partial charge in [0.05, 0.1) is 10.6 Å². The average Bonchev–Trinajstić information content (AvgIpc) is 3.02. The third-order valence-electron chi connectivity index (χ3n) is 7.32. The van der Waals surface area contributed by atoms with E-state index in [-0.39, 0.29) is 35.4 Å². The fraction of sp³-hybridized carbons (Fsp3) is 0.257. The van der Waals surface area contributed by atoms with Gasteiger partial charge in [-0.25, -0.2) is 8.42 Å². The minimum absolute atomic E-state index is 0.0223. The molecule has 0 saturated heterocycles. The standard InChI is InChI=1S/C35H37Cl2N3O4S/c1-25(2)22-38-35(42)33(21-27-12-6-4-7-13-27)39(23-28-14-10-15-29(36)20-28)34(41)24-40(32-19-11-18-31(37)26(32)3)45(43,44)30-16-8-5-9-17-30/h4-20,25,33H,21-24H2,1-3H3,(H,38,42)/t33-/m0/s1. The first-order valence-electron chi connectivity index (χ1n) is 14.7. The summed E-state index contributed by atoms with van der Waals surface area (Å²) in [4.78, 5) is 29.9. The molecule has 4 aromatic rings. The van der Waals surface area contributed by atoms with E-state index in [1.807, 2.05) is 50.2 Å². The predicted octanol–water partition coefficient (Wildman–Crippen LogP) is 6.91. The molecule has 0 fully saturated rings. The lowest BCUT2D eigenvalue weighted by Crippen LogP contribution is -2.53. The van der Waals surface area contributed by atoms with Crippen LogP contribution in [0.25, 0.3) is 0 Å². The Labute approximate surface area is 275 Å². The molecule has 4 aromatic carbocycles. The topological polar surface area (TPSA) is 86.8 Å². The zero-order valence-electron chi connectivity index (χ0n) is 25.5. The number of sulfonamides is 1. The first kappa shape index (κ1) is 34.0. The van der Waals surface area contributed by atoms with Crippen molar-refractivity contribution in [3.05, 3.63) is 130 Å². The van der Waals surface area contributed by atoms with Gasteiger partial charge in [-0.05, 0) is 65.9 Å². The molecule has 0 aliphatic carbocycles. The Morgan fingerprint density at radius 3 is 2.09 bits per heavy atom. The zero-order valence-corrected chi connectivity index (χ0v) is 27.8. The highest BCUT2D eigenvalue weighted by Crippen LogP contribution is 2.31. The van der Waals surface area contributed by atoms with Gasteiger partial charge in [-0.1, -0.05) is 104 Å². The van der Waals surface area contributed by atoms with Crippen LogP contribution in [0.3, 0.4) is 0 Å². The second-order valence-electron chi connectivity index (χ2n) is 11.2. The second-order valence-corrected chi connectivity index (χ2v) is 13.9. The van der Waals surface area contributed by atoms with Crippen LogP contribution in [0.4, 0.5) is 5.69 Å². The second kappa shape index (κ2) is 15.4. The average molecular weight is 667 g/mol. The van der Waals surface area contributed by atoms with Crippen molar-refractivity contribution >= 4 is 50.7 Å². The largest absolute Gasteiger partial charge is 0.354 e. The molecule has 0 heterocycles. The normalized spacial score (nSPS) is 12.0. The van der Waals surface area contributed by atoms with Crippen molar-refractivity contribution in [1.82, 2.24) is 10.2 Å². The number of amides is 2. The van der Waals surface area contributed by atoms with Gasteiger partial charge in [-0.3, -0.25) is 13.9 Å². The van der Waals surface area contributed by atoms with Crippen LogP contribution in [0, 0.1) is 12.8 Å². The van der Waals surface area contributed by atoms with Gasteiger partial charge in [0.15, 0.2) is 0 Å². The van der Waals surface area contributed by atoms with Crippen molar-refractivity contribution < 1.29 is 18.0 Å². The number of hydrogen-bond acceptors (Lipinski definition) is 4. The number of carbonyl (C=O) groups excluding carboxylic acids is 2. The zero-order chi connectivity index (χ0) is 32.6. The Kier molecular flexibility index (Phi) is 11.7. The minimum Gasteiger partial charge on any atom is -0.354 e. The van der Waals surface area contributed by atoms with Crippen molar-refractivity contribution in [1.29, 1.82) is 0 Å². The van der Waals surface area contributed by atoms with E-state index >= 15 is 0 Å². The van der Waals surface area contributed by atoms with Crippen molar-refractivity contribution in [2.24, 2.45) is 5.92 Å². The maximum absolute atomic E-state index is 14.5. The fourth-order valence-electron chi connectivity index (χ4n) is 4.91. The van der Waals surface area contributed by atoms with Gasteiger partial charge in [0, 0.05) is 29.6 Å². The SMILES string of the molecule is Cc1c(Cl)cccc1N(CC(=O)N(Cc1cccc(Cl)c1)[C@@H](Cc1ccccc1)C(=O)NCC(C)C)S(=O)(=O)c1ccccc1.